The molecule has 0 bridgehead atoms. The fraction of sp³-hybridized carbons (Fsp3) is 0.571. The van der Waals surface area contributed by atoms with Crippen molar-refractivity contribution in [2.45, 2.75) is 45.6 Å². The molecule has 0 saturated heterocycles. The van der Waals surface area contributed by atoms with Crippen molar-refractivity contribution in [3.05, 3.63) is 23.4 Å². The number of aromatic nitrogens is 1. The molecule has 0 aromatic carbocycles. The lowest BCUT2D eigenvalue weighted by molar-refractivity contribution is 0.703. The Morgan fingerprint density at radius 3 is 2.78 bits per heavy atom. The van der Waals surface area contributed by atoms with Crippen LogP contribution in [0.2, 0.25) is 0 Å². The van der Waals surface area contributed by atoms with E-state index in [9.17, 15) is 0 Å². The topological polar surface area (TPSA) is 42.1 Å². The molecular formula is C14H21N3S. The highest BCUT2D eigenvalue weighted by molar-refractivity contribution is 7.80. The highest BCUT2D eigenvalue weighted by Crippen LogP contribution is 2.31. The van der Waals surface area contributed by atoms with Gasteiger partial charge in [0.15, 0.2) is 0 Å². The Balaban J connectivity index is 2.25. The summed E-state index contributed by atoms with van der Waals surface area (Å²) in [5, 5.41) is 0. The minimum atomic E-state index is 0.452. The smallest absolute Gasteiger partial charge is 0.129 e. The molecule has 1 heterocycles. The van der Waals surface area contributed by atoms with Crippen LogP contribution in [0.3, 0.4) is 0 Å². The monoisotopic (exact) mass is 263 g/mol. The molecule has 1 aliphatic carbocycles. The van der Waals surface area contributed by atoms with Crippen LogP contribution in [0, 0.1) is 6.92 Å². The van der Waals surface area contributed by atoms with E-state index in [1.807, 2.05) is 19.1 Å². The summed E-state index contributed by atoms with van der Waals surface area (Å²) in [6, 6.07) is 4.66. The number of nitrogens with two attached hydrogens (primary N) is 1. The van der Waals surface area contributed by atoms with Crippen molar-refractivity contribution in [2.24, 2.45) is 5.73 Å². The van der Waals surface area contributed by atoms with Crippen LogP contribution in [0.15, 0.2) is 12.1 Å². The van der Waals surface area contributed by atoms with Gasteiger partial charge in [-0.15, -0.1) is 0 Å². The Kier molecular flexibility index (Phi) is 4.17. The van der Waals surface area contributed by atoms with E-state index in [0.717, 1.165) is 23.6 Å². The largest absolute Gasteiger partial charge is 0.389 e. The first-order chi connectivity index (χ1) is 8.61. The van der Waals surface area contributed by atoms with Crippen LogP contribution in [0.5, 0.6) is 0 Å². The molecule has 2 rings (SSSR count). The summed E-state index contributed by atoms with van der Waals surface area (Å²) in [7, 11) is 0. The summed E-state index contributed by atoms with van der Waals surface area (Å²) in [5.74, 6) is 1.04. The lowest BCUT2D eigenvalue weighted by atomic mass is 10.2. The second-order valence-electron chi connectivity index (χ2n) is 5.00. The lowest BCUT2D eigenvalue weighted by Gasteiger charge is -2.24. The van der Waals surface area contributed by atoms with E-state index in [0.29, 0.717) is 11.0 Å². The number of aryl methyl sites for hydroxylation is 1. The van der Waals surface area contributed by atoms with E-state index in [4.69, 9.17) is 18.0 Å². The van der Waals surface area contributed by atoms with Gasteiger partial charge in [0, 0.05) is 23.8 Å². The summed E-state index contributed by atoms with van der Waals surface area (Å²) in [6.45, 7) is 5.29. The summed E-state index contributed by atoms with van der Waals surface area (Å²) < 4.78 is 0. The first-order valence-corrected chi connectivity index (χ1v) is 7.07. The van der Waals surface area contributed by atoms with E-state index in [-0.39, 0.29) is 0 Å². The van der Waals surface area contributed by atoms with Crippen LogP contribution in [0.1, 0.15) is 43.9 Å². The van der Waals surface area contributed by atoms with Gasteiger partial charge >= 0.3 is 0 Å². The summed E-state index contributed by atoms with van der Waals surface area (Å²) in [4.78, 5) is 7.51. The average molecular weight is 263 g/mol. The maximum atomic E-state index is 5.73. The van der Waals surface area contributed by atoms with E-state index < -0.39 is 0 Å². The highest BCUT2D eigenvalue weighted by atomic mass is 32.1. The van der Waals surface area contributed by atoms with Crippen LogP contribution in [0.4, 0.5) is 5.82 Å². The molecule has 1 aromatic heterocycles. The Labute approximate surface area is 114 Å². The Morgan fingerprint density at radius 2 is 2.22 bits per heavy atom. The van der Waals surface area contributed by atoms with Crippen LogP contribution in [-0.2, 0) is 0 Å². The number of rotatable bonds is 6. The molecule has 0 atom stereocenters. The number of unbranched alkanes of at least 4 members (excludes halogenated alkanes) is 1. The maximum absolute atomic E-state index is 5.73. The first kappa shape index (κ1) is 13.3. The van der Waals surface area contributed by atoms with Gasteiger partial charge in [-0.2, -0.15) is 0 Å². The highest BCUT2D eigenvalue weighted by Gasteiger charge is 2.29. The number of nitrogens with zero attached hydrogens (tertiary/aromatic N) is 2. The number of anilines is 1. The zero-order valence-electron chi connectivity index (χ0n) is 11.1. The SMILES string of the molecule is CCCCN(c1cc(C(N)=S)cc(C)n1)C1CC1. The molecule has 0 spiro atoms. The van der Waals surface area contributed by atoms with Gasteiger partial charge in [0.1, 0.15) is 10.8 Å². The fourth-order valence-corrected chi connectivity index (χ4v) is 2.26. The van der Waals surface area contributed by atoms with Gasteiger partial charge < -0.3 is 10.6 Å². The normalized spacial score (nSPS) is 14.6. The van der Waals surface area contributed by atoms with Crippen LogP contribution >= 0.6 is 12.2 Å². The Morgan fingerprint density at radius 1 is 1.50 bits per heavy atom. The molecule has 1 aliphatic rings. The molecule has 0 unspecified atom stereocenters. The zero-order valence-corrected chi connectivity index (χ0v) is 12.0. The predicted molar refractivity (Wildman–Crippen MR) is 80.1 cm³/mol. The maximum Gasteiger partial charge on any atom is 0.129 e. The van der Waals surface area contributed by atoms with Crippen LogP contribution in [-0.4, -0.2) is 22.6 Å². The Bertz CT molecular complexity index is 441. The van der Waals surface area contributed by atoms with Crippen molar-refractivity contribution in [1.82, 2.24) is 4.98 Å². The van der Waals surface area contributed by atoms with Crippen molar-refractivity contribution in [3.8, 4) is 0 Å². The van der Waals surface area contributed by atoms with Gasteiger partial charge in [-0.1, -0.05) is 25.6 Å². The minimum Gasteiger partial charge on any atom is -0.389 e. The van der Waals surface area contributed by atoms with Crippen LogP contribution in [0.25, 0.3) is 0 Å². The van der Waals surface area contributed by atoms with Gasteiger partial charge in [0.2, 0.25) is 0 Å². The molecule has 18 heavy (non-hydrogen) atoms. The fourth-order valence-electron chi connectivity index (χ4n) is 2.14. The van der Waals surface area contributed by atoms with Gasteiger partial charge in [0.05, 0.1) is 0 Å². The van der Waals surface area contributed by atoms with Crippen LogP contribution < -0.4 is 10.6 Å². The number of hydrogen-bond donors (Lipinski definition) is 1. The van der Waals surface area contributed by atoms with E-state index in [1.54, 1.807) is 0 Å². The number of pyridine rings is 1. The molecule has 0 amide bonds. The van der Waals surface area contributed by atoms with Gasteiger partial charge in [-0.3, -0.25) is 0 Å². The van der Waals surface area contributed by atoms with Crippen molar-refractivity contribution in [1.29, 1.82) is 0 Å². The zero-order chi connectivity index (χ0) is 13.1. The molecular weight excluding hydrogens is 242 g/mol. The molecule has 1 saturated carbocycles. The first-order valence-electron chi connectivity index (χ1n) is 6.67. The number of hydrogen-bond acceptors (Lipinski definition) is 3. The standard InChI is InChI=1S/C14H21N3S/c1-3-4-7-17(12-5-6-12)13-9-11(14(15)18)8-10(2)16-13/h8-9,12H,3-7H2,1-2H3,(H2,15,18). The minimum absolute atomic E-state index is 0.452. The second kappa shape index (κ2) is 5.65. The number of thiocarbonyl (C=S) groups is 1. The average Bonchev–Trinajstić information content (AvgIpc) is 3.13. The Hall–Kier alpha value is -1.16. The summed E-state index contributed by atoms with van der Waals surface area (Å²) >= 11 is 5.07. The molecule has 1 fully saturated rings. The van der Waals surface area contributed by atoms with Crippen molar-refractivity contribution in [2.75, 3.05) is 11.4 Å². The predicted octanol–water partition coefficient (Wildman–Crippen LogP) is 2.79. The molecule has 3 nitrogen and oxygen atoms in total. The third-order valence-electron chi connectivity index (χ3n) is 3.26. The van der Waals surface area contributed by atoms with Gasteiger partial charge in [0.25, 0.3) is 0 Å². The van der Waals surface area contributed by atoms with E-state index in [1.165, 1.54) is 25.7 Å². The molecule has 0 aliphatic heterocycles. The summed E-state index contributed by atoms with van der Waals surface area (Å²) in [6.07, 6.45) is 4.97. The molecule has 1 aromatic rings. The van der Waals surface area contributed by atoms with Crippen molar-refractivity contribution < 1.29 is 0 Å². The van der Waals surface area contributed by atoms with Crippen molar-refractivity contribution >= 4 is 23.0 Å². The molecule has 4 heteroatoms. The summed E-state index contributed by atoms with van der Waals surface area (Å²) in [5.41, 5.74) is 7.64. The second-order valence-corrected chi connectivity index (χ2v) is 5.44. The van der Waals surface area contributed by atoms with E-state index >= 15 is 0 Å². The third-order valence-corrected chi connectivity index (χ3v) is 3.49. The van der Waals surface area contributed by atoms with Crippen molar-refractivity contribution in [3.63, 3.8) is 0 Å². The van der Waals surface area contributed by atoms with Gasteiger partial charge in [-0.25, -0.2) is 4.98 Å². The quantitative estimate of drug-likeness (QED) is 0.801. The lowest BCUT2D eigenvalue weighted by Crippen LogP contribution is -2.28. The van der Waals surface area contributed by atoms with Gasteiger partial charge in [-0.05, 0) is 38.3 Å². The molecule has 2 N–H and O–H groups in total. The third kappa shape index (κ3) is 3.19. The van der Waals surface area contributed by atoms with E-state index in [2.05, 4.69) is 16.8 Å². The molecule has 98 valence electrons. The molecule has 0 radical (unpaired) electrons.